The van der Waals surface area contributed by atoms with Crippen molar-refractivity contribution < 1.29 is 9.84 Å². The molecule has 1 atom stereocenters. The number of hydrogen-bond donors (Lipinski definition) is 1. The first-order valence-corrected chi connectivity index (χ1v) is 8.98. The molecule has 1 unspecified atom stereocenters. The molecule has 0 aliphatic carbocycles. The Morgan fingerprint density at radius 2 is 0.950 bits per heavy atom. The molecule has 0 rings (SSSR count). The molecule has 0 amide bonds. The van der Waals surface area contributed by atoms with Crippen LogP contribution in [-0.2, 0) is 4.74 Å². The highest BCUT2D eigenvalue weighted by atomic mass is 16.6. The molecule has 0 aromatic rings. The van der Waals surface area contributed by atoms with E-state index in [1.165, 1.54) is 77.0 Å². The van der Waals surface area contributed by atoms with Gasteiger partial charge < -0.3 is 9.84 Å². The lowest BCUT2D eigenvalue weighted by molar-refractivity contribution is -0.0800. The lowest BCUT2D eigenvalue weighted by Gasteiger charge is -2.01. The maximum absolute atomic E-state index is 8.33. The van der Waals surface area contributed by atoms with E-state index in [0.29, 0.717) is 6.61 Å². The van der Waals surface area contributed by atoms with E-state index in [0.717, 1.165) is 0 Å². The van der Waals surface area contributed by atoms with Gasteiger partial charge in [0.25, 0.3) is 0 Å². The summed E-state index contributed by atoms with van der Waals surface area (Å²) in [5.41, 5.74) is 0. The standard InChI is InChI=1S/C14H30.C4H10O2/c1-3-5-7-9-11-13-14-12-10-8-6-4-2;1-3-6-4(2)5/h3-14H2,1-2H3;4-5H,3H2,1-2H3. The molecule has 0 fully saturated rings. The van der Waals surface area contributed by atoms with E-state index in [-0.39, 0.29) is 0 Å². The number of hydrogen-bond acceptors (Lipinski definition) is 2. The highest BCUT2D eigenvalue weighted by molar-refractivity contribution is 4.47. The van der Waals surface area contributed by atoms with Gasteiger partial charge in [-0.2, -0.15) is 0 Å². The van der Waals surface area contributed by atoms with Crippen molar-refractivity contribution in [3.8, 4) is 0 Å². The summed E-state index contributed by atoms with van der Waals surface area (Å²) in [4.78, 5) is 0. The third-order valence-corrected chi connectivity index (χ3v) is 3.36. The maximum Gasteiger partial charge on any atom is 0.151 e. The van der Waals surface area contributed by atoms with Crippen LogP contribution >= 0.6 is 0 Å². The number of unbranched alkanes of at least 4 members (excludes halogenated alkanes) is 11. The monoisotopic (exact) mass is 288 g/mol. The van der Waals surface area contributed by atoms with Crippen LogP contribution in [-0.4, -0.2) is 18.0 Å². The Labute approximate surface area is 128 Å². The summed E-state index contributed by atoms with van der Waals surface area (Å²) in [7, 11) is 0. The maximum atomic E-state index is 8.33. The van der Waals surface area contributed by atoms with Gasteiger partial charge in [0.15, 0.2) is 6.29 Å². The molecule has 2 heteroatoms. The summed E-state index contributed by atoms with van der Waals surface area (Å²) in [6.45, 7) is 8.58. The highest BCUT2D eigenvalue weighted by Gasteiger charge is 1.91. The van der Waals surface area contributed by atoms with E-state index in [9.17, 15) is 0 Å². The van der Waals surface area contributed by atoms with E-state index in [4.69, 9.17) is 5.11 Å². The average Bonchev–Trinajstić information content (AvgIpc) is 2.41. The predicted octanol–water partition coefficient (Wildman–Crippen LogP) is 6.07. The molecule has 1 N–H and O–H groups in total. The molecule has 124 valence electrons. The van der Waals surface area contributed by atoms with E-state index in [1.54, 1.807) is 6.92 Å². The first-order chi connectivity index (χ1) is 9.68. The molecule has 0 aliphatic rings. The Morgan fingerprint density at radius 3 is 1.10 bits per heavy atom. The third-order valence-electron chi connectivity index (χ3n) is 3.36. The van der Waals surface area contributed by atoms with E-state index >= 15 is 0 Å². The summed E-state index contributed by atoms with van der Waals surface area (Å²) in [6.07, 6.45) is 16.8. The minimum atomic E-state index is -0.602. The molecule has 0 aliphatic heterocycles. The predicted molar refractivity (Wildman–Crippen MR) is 90.1 cm³/mol. The average molecular weight is 289 g/mol. The summed E-state index contributed by atoms with van der Waals surface area (Å²) in [5.74, 6) is 0. The Hall–Kier alpha value is -0.0800. The molecular formula is C18H40O2. The molecular weight excluding hydrogens is 248 g/mol. The van der Waals surface area contributed by atoms with Crippen molar-refractivity contribution in [1.82, 2.24) is 0 Å². The SMILES string of the molecule is CCCCCCCCCCCCCC.CCOC(C)O. The zero-order valence-corrected chi connectivity index (χ0v) is 14.6. The Balaban J connectivity index is 0. The first kappa shape index (κ1) is 22.2. The highest BCUT2D eigenvalue weighted by Crippen LogP contribution is 2.11. The van der Waals surface area contributed by atoms with Crippen LogP contribution in [0.25, 0.3) is 0 Å². The fourth-order valence-electron chi connectivity index (χ4n) is 2.16. The van der Waals surface area contributed by atoms with Crippen LogP contribution in [0.15, 0.2) is 0 Å². The smallest absolute Gasteiger partial charge is 0.151 e. The zero-order valence-electron chi connectivity index (χ0n) is 14.6. The fourth-order valence-corrected chi connectivity index (χ4v) is 2.16. The number of rotatable bonds is 13. The second-order valence-corrected chi connectivity index (χ2v) is 5.59. The molecule has 0 aromatic heterocycles. The quantitative estimate of drug-likeness (QED) is 0.329. The Kier molecular flexibility index (Phi) is 23.6. The number of ether oxygens (including phenoxy) is 1. The molecule has 0 saturated carbocycles. The van der Waals surface area contributed by atoms with Crippen LogP contribution in [0.2, 0.25) is 0 Å². The lowest BCUT2D eigenvalue weighted by atomic mass is 10.1. The van der Waals surface area contributed by atoms with Crippen LogP contribution in [0, 0.1) is 0 Å². The number of aliphatic hydroxyl groups excluding tert-OH is 1. The van der Waals surface area contributed by atoms with Gasteiger partial charge in [0.05, 0.1) is 0 Å². The summed E-state index contributed by atoms with van der Waals surface area (Å²) in [5, 5.41) is 8.33. The van der Waals surface area contributed by atoms with Crippen LogP contribution in [0.5, 0.6) is 0 Å². The van der Waals surface area contributed by atoms with Crippen LogP contribution in [0.3, 0.4) is 0 Å². The molecule has 20 heavy (non-hydrogen) atoms. The van der Waals surface area contributed by atoms with E-state index < -0.39 is 6.29 Å². The van der Waals surface area contributed by atoms with Gasteiger partial charge in [-0.1, -0.05) is 90.9 Å². The molecule has 2 nitrogen and oxygen atoms in total. The van der Waals surface area contributed by atoms with Crippen molar-refractivity contribution >= 4 is 0 Å². The van der Waals surface area contributed by atoms with Gasteiger partial charge in [-0.25, -0.2) is 0 Å². The summed E-state index contributed by atoms with van der Waals surface area (Å²) < 4.78 is 4.60. The Bertz CT molecular complexity index is 134. The van der Waals surface area contributed by atoms with Crippen LogP contribution in [0.4, 0.5) is 0 Å². The summed E-state index contributed by atoms with van der Waals surface area (Å²) in [6, 6.07) is 0. The van der Waals surface area contributed by atoms with E-state index in [1.807, 2.05) is 6.92 Å². The molecule has 0 radical (unpaired) electrons. The minimum Gasteiger partial charge on any atom is -0.368 e. The van der Waals surface area contributed by atoms with Crippen molar-refractivity contribution in [2.75, 3.05) is 6.61 Å². The first-order valence-electron chi connectivity index (χ1n) is 8.98. The second kappa shape index (κ2) is 21.2. The molecule has 0 heterocycles. The van der Waals surface area contributed by atoms with Crippen molar-refractivity contribution in [3.05, 3.63) is 0 Å². The van der Waals surface area contributed by atoms with Crippen LogP contribution in [0.1, 0.15) is 105 Å². The van der Waals surface area contributed by atoms with Gasteiger partial charge >= 0.3 is 0 Å². The molecule has 0 aromatic carbocycles. The van der Waals surface area contributed by atoms with Gasteiger partial charge in [0, 0.05) is 6.61 Å². The molecule has 0 saturated heterocycles. The molecule has 0 bridgehead atoms. The minimum absolute atomic E-state index is 0.581. The summed E-state index contributed by atoms with van der Waals surface area (Å²) >= 11 is 0. The van der Waals surface area contributed by atoms with Gasteiger partial charge in [0.2, 0.25) is 0 Å². The normalized spacial score (nSPS) is 11.8. The van der Waals surface area contributed by atoms with Crippen molar-refractivity contribution in [3.63, 3.8) is 0 Å². The second-order valence-electron chi connectivity index (χ2n) is 5.59. The lowest BCUT2D eigenvalue weighted by Crippen LogP contribution is -2.04. The third kappa shape index (κ3) is 26.5. The van der Waals surface area contributed by atoms with E-state index in [2.05, 4.69) is 18.6 Å². The van der Waals surface area contributed by atoms with Gasteiger partial charge in [-0.15, -0.1) is 0 Å². The fraction of sp³-hybridized carbons (Fsp3) is 1.00. The largest absolute Gasteiger partial charge is 0.368 e. The van der Waals surface area contributed by atoms with Gasteiger partial charge in [0.1, 0.15) is 0 Å². The number of aliphatic hydroxyl groups is 1. The zero-order chi connectivity index (χ0) is 15.5. The van der Waals surface area contributed by atoms with Crippen molar-refractivity contribution in [2.45, 2.75) is 111 Å². The molecule has 0 spiro atoms. The topological polar surface area (TPSA) is 29.5 Å². The van der Waals surface area contributed by atoms with Crippen molar-refractivity contribution in [2.24, 2.45) is 0 Å². The van der Waals surface area contributed by atoms with Gasteiger partial charge in [-0.3, -0.25) is 0 Å². The van der Waals surface area contributed by atoms with Gasteiger partial charge in [-0.05, 0) is 13.8 Å². The Morgan fingerprint density at radius 1 is 0.650 bits per heavy atom. The van der Waals surface area contributed by atoms with Crippen molar-refractivity contribution in [1.29, 1.82) is 0 Å². The van der Waals surface area contributed by atoms with Crippen LogP contribution < -0.4 is 0 Å².